The molecule has 0 heterocycles. The minimum absolute atomic E-state index is 0.00695. The Labute approximate surface area is 166 Å². The Morgan fingerprint density at radius 3 is 2.07 bits per heavy atom. The molecule has 0 spiro atoms. The maximum Gasteiger partial charge on any atom is 0.251 e. The Kier molecular flexibility index (Phi) is 5.95. The molecule has 0 bridgehead atoms. The molecule has 0 fully saturated rings. The molecule has 0 aromatic heterocycles. The van der Waals surface area contributed by atoms with E-state index in [0.717, 1.165) is 11.1 Å². The second kappa shape index (κ2) is 8.40. The lowest BCUT2D eigenvalue weighted by atomic mass is 10.1. The largest absolute Gasteiger partial charge is 0.350 e. The number of nitrogens with one attached hydrogen (secondary N) is 1. The lowest BCUT2D eigenvalue weighted by Gasteiger charge is -2.19. The summed E-state index contributed by atoms with van der Waals surface area (Å²) in [4.78, 5) is 12.8. The number of benzene rings is 3. The van der Waals surface area contributed by atoms with Crippen LogP contribution in [0.15, 0.2) is 83.8 Å². The molecule has 0 saturated carbocycles. The third-order valence-corrected chi connectivity index (χ3v) is 6.95. The molecule has 1 amide bonds. The highest BCUT2D eigenvalue weighted by atomic mass is 32.2. The van der Waals surface area contributed by atoms with Crippen molar-refractivity contribution in [2.24, 2.45) is 0 Å². The molecule has 5 heteroatoms. The maximum atomic E-state index is 13.2. The smallest absolute Gasteiger partial charge is 0.251 e. The second-order valence-electron chi connectivity index (χ2n) is 6.77. The van der Waals surface area contributed by atoms with E-state index in [-0.39, 0.29) is 17.3 Å². The van der Waals surface area contributed by atoms with E-state index in [1.807, 2.05) is 32.0 Å². The highest BCUT2D eigenvalue weighted by Gasteiger charge is 2.29. The van der Waals surface area contributed by atoms with Crippen LogP contribution < -0.4 is 5.32 Å². The van der Waals surface area contributed by atoms with Gasteiger partial charge in [0.05, 0.1) is 4.90 Å². The molecule has 0 aliphatic rings. The lowest BCUT2D eigenvalue weighted by molar-refractivity contribution is 0.0953. The molecule has 0 saturated heterocycles. The third kappa shape index (κ3) is 4.31. The summed E-state index contributed by atoms with van der Waals surface area (Å²) in [5.74, 6) is -0.285. The second-order valence-corrected chi connectivity index (χ2v) is 8.90. The Bertz CT molecular complexity index is 1060. The summed E-state index contributed by atoms with van der Waals surface area (Å²) in [6, 6.07) is 22.8. The standard InChI is InChI=1S/C23H23NO3S/c1-17-13-14-20(15-18(17)2)23(25)24-16-22(19-9-5-3-6-10-19)28(26,27)21-11-7-4-8-12-21/h3-15,22H,16H2,1-2H3,(H,24,25)/t22-/m0/s1. The van der Waals surface area contributed by atoms with Crippen molar-refractivity contribution in [2.45, 2.75) is 24.0 Å². The van der Waals surface area contributed by atoms with Crippen LogP contribution in [0.1, 0.15) is 32.3 Å². The number of amides is 1. The van der Waals surface area contributed by atoms with Gasteiger partial charge in [0.2, 0.25) is 0 Å². The zero-order chi connectivity index (χ0) is 20.1. The summed E-state index contributed by atoms with van der Waals surface area (Å²) in [7, 11) is -3.66. The Morgan fingerprint density at radius 2 is 1.46 bits per heavy atom. The van der Waals surface area contributed by atoms with E-state index >= 15 is 0 Å². The Hall–Kier alpha value is -2.92. The number of carbonyl (C=O) groups excluding carboxylic acids is 1. The molecule has 0 radical (unpaired) electrons. The molecule has 144 valence electrons. The predicted octanol–water partition coefficient (Wildman–Crippen LogP) is 4.25. The third-order valence-electron chi connectivity index (χ3n) is 4.83. The molecule has 0 unspecified atom stereocenters. The number of hydrogen-bond acceptors (Lipinski definition) is 3. The minimum atomic E-state index is -3.66. The van der Waals surface area contributed by atoms with Gasteiger partial charge in [-0.1, -0.05) is 54.6 Å². The fraction of sp³-hybridized carbons (Fsp3) is 0.174. The van der Waals surface area contributed by atoms with Gasteiger partial charge in [0.15, 0.2) is 9.84 Å². The van der Waals surface area contributed by atoms with Crippen molar-refractivity contribution in [1.82, 2.24) is 5.32 Å². The van der Waals surface area contributed by atoms with E-state index < -0.39 is 15.1 Å². The van der Waals surface area contributed by atoms with E-state index in [2.05, 4.69) is 5.32 Å². The summed E-state index contributed by atoms with van der Waals surface area (Å²) < 4.78 is 26.5. The molecule has 0 aliphatic heterocycles. The first-order valence-electron chi connectivity index (χ1n) is 9.09. The van der Waals surface area contributed by atoms with Crippen LogP contribution in [-0.4, -0.2) is 20.9 Å². The van der Waals surface area contributed by atoms with Crippen molar-refractivity contribution in [3.05, 3.63) is 101 Å². The summed E-state index contributed by atoms with van der Waals surface area (Å²) in [5.41, 5.74) is 3.29. The molecule has 3 aromatic carbocycles. The first-order chi connectivity index (χ1) is 13.4. The van der Waals surface area contributed by atoms with Gasteiger partial charge >= 0.3 is 0 Å². The quantitative estimate of drug-likeness (QED) is 0.681. The average Bonchev–Trinajstić information content (AvgIpc) is 2.71. The van der Waals surface area contributed by atoms with Crippen LogP contribution in [0.2, 0.25) is 0 Å². The van der Waals surface area contributed by atoms with Crippen LogP contribution in [0.3, 0.4) is 0 Å². The van der Waals surface area contributed by atoms with Crippen LogP contribution in [0, 0.1) is 13.8 Å². The topological polar surface area (TPSA) is 63.2 Å². The number of sulfone groups is 1. The highest BCUT2D eigenvalue weighted by Crippen LogP contribution is 2.28. The summed E-state index contributed by atoms with van der Waals surface area (Å²) in [6.07, 6.45) is 0. The zero-order valence-corrected chi connectivity index (χ0v) is 16.7. The van der Waals surface area contributed by atoms with Gasteiger partial charge < -0.3 is 5.32 Å². The van der Waals surface area contributed by atoms with E-state index in [9.17, 15) is 13.2 Å². The first kappa shape index (κ1) is 19.8. The van der Waals surface area contributed by atoms with Crippen molar-refractivity contribution in [3.63, 3.8) is 0 Å². The van der Waals surface area contributed by atoms with Gasteiger partial charge in [-0.15, -0.1) is 0 Å². The van der Waals surface area contributed by atoms with Crippen molar-refractivity contribution in [3.8, 4) is 0 Å². The number of aryl methyl sites for hydroxylation is 2. The van der Waals surface area contributed by atoms with Gasteiger partial charge in [0.25, 0.3) is 5.91 Å². The summed E-state index contributed by atoms with van der Waals surface area (Å²) >= 11 is 0. The predicted molar refractivity (Wildman–Crippen MR) is 111 cm³/mol. The molecular formula is C23H23NO3S. The van der Waals surface area contributed by atoms with Crippen LogP contribution in [-0.2, 0) is 9.84 Å². The Morgan fingerprint density at radius 1 is 0.857 bits per heavy atom. The van der Waals surface area contributed by atoms with Crippen LogP contribution in [0.5, 0.6) is 0 Å². The summed E-state index contributed by atoms with van der Waals surface area (Å²) in [5, 5.41) is 1.93. The van der Waals surface area contributed by atoms with Crippen LogP contribution in [0.4, 0.5) is 0 Å². The van der Waals surface area contributed by atoms with Gasteiger partial charge in [-0.05, 0) is 54.8 Å². The zero-order valence-electron chi connectivity index (χ0n) is 15.9. The normalized spacial score (nSPS) is 12.4. The summed E-state index contributed by atoms with van der Waals surface area (Å²) in [6.45, 7) is 3.92. The molecule has 28 heavy (non-hydrogen) atoms. The van der Waals surface area contributed by atoms with Crippen LogP contribution >= 0.6 is 0 Å². The molecule has 3 rings (SSSR count). The van der Waals surface area contributed by atoms with Gasteiger partial charge in [0.1, 0.15) is 5.25 Å². The Balaban J connectivity index is 1.88. The monoisotopic (exact) mass is 393 g/mol. The van der Waals surface area contributed by atoms with Crippen molar-refractivity contribution < 1.29 is 13.2 Å². The van der Waals surface area contributed by atoms with Gasteiger partial charge in [-0.2, -0.15) is 0 Å². The van der Waals surface area contributed by atoms with Crippen molar-refractivity contribution in [1.29, 1.82) is 0 Å². The van der Waals surface area contributed by atoms with E-state index in [0.29, 0.717) is 11.1 Å². The number of carbonyl (C=O) groups is 1. The fourth-order valence-corrected chi connectivity index (χ4v) is 4.70. The van der Waals surface area contributed by atoms with E-state index in [1.54, 1.807) is 60.7 Å². The lowest BCUT2D eigenvalue weighted by Crippen LogP contribution is -2.32. The van der Waals surface area contributed by atoms with Gasteiger partial charge in [-0.3, -0.25) is 4.79 Å². The average molecular weight is 394 g/mol. The van der Waals surface area contributed by atoms with E-state index in [4.69, 9.17) is 0 Å². The molecule has 1 N–H and O–H groups in total. The maximum absolute atomic E-state index is 13.2. The molecule has 3 aromatic rings. The van der Waals surface area contributed by atoms with Crippen molar-refractivity contribution >= 4 is 15.7 Å². The van der Waals surface area contributed by atoms with Crippen molar-refractivity contribution in [2.75, 3.05) is 6.54 Å². The number of rotatable bonds is 6. The molecule has 4 nitrogen and oxygen atoms in total. The van der Waals surface area contributed by atoms with E-state index in [1.165, 1.54) is 0 Å². The highest BCUT2D eigenvalue weighted by molar-refractivity contribution is 7.91. The first-order valence-corrected chi connectivity index (χ1v) is 10.6. The molecule has 0 aliphatic carbocycles. The van der Waals surface area contributed by atoms with Gasteiger partial charge in [0, 0.05) is 12.1 Å². The van der Waals surface area contributed by atoms with Crippen LogP contribution in [0.25, 0.3) is 0 Å². The number of hydrogen-bond donors (Lipinski definition) is 1. The van der Waals surface area contributed by atoms with Gasteiger partial charge in [-0.25, -0.2) is 8.42 Å². The molecular weight excluding hydrogens is 370 g/mol. The minimum Gasteiger partial charge on any atom is -0.350 e. The SMILES string of the molecule is Cc1ccc(C(=O)NC[C@@H](c2ccccc2)S(=O)(=O)c2ccccc2)cc1C. The fourth-order valence-electron chi connectivity index (χ4n) is 3.02. The molecule has 1 atom stereocenters.